The predicted molar refractivity (Wildman–Crippen MR) is 51.9 cm³/mol. The number of hydrogen-bond donors (Lipinski definition) is 1. The maximum Gasteiger partial charge on any atom is 0.306 e. The van der Waals surface area contributed by atoms with Crippen LogP contribution in [-0.4, -0.2) is 24.2 Å². The largest absolute Gasteiger partial charge is 0.481 e. The molecule has 0 aliphatic carbocycles. The van der Waals surface area contributed by atoms with Crippen molar-refractivity contribution in [1.29, 1.82) is 0 Å². The molecule has 0 radical (unpaired) electrons. The average molecular weight is 202 g/mol. The minimum Gasteiger partial charge on any atom is -0.481 e. The van der Waals surface area contributed by atoms with E-state index in [1.807, 2.05) is 0 Å². The highest BCUT2D eigenvalue weighted by Gasteiger charge is 2.09. The van der Waals surface area contributed by atoms with Gasteiger partial charge in [0, 0.05) is 6.42 Å². The van der Waals surface area contributed by atoms with Crippen LogP contribution in [0.4, 0.5) is 0 Å². The van der Waals surface area contributed by atoms with E-state index >= 15 is 0 Å². The molecule has 0 spiro atoms. The first-order chi connectivity index (χ1) is 6.57. The molecule has 0 aromatic rings. The second-order valence-corrected chi connectivity index (χ2v) is 3.41. The maximum absolute atomic E-state index is 10.7. The third-order valence-electron chi connectivity index (χ3n) is 2.17. The van der Waals surface area contributed by atoms with Gasteiger partial charge in [-0.2, -0.15) is 0 Å². The Bertz CT molecular complexity index is 189. The third kappa shape index (κ3) is 6.46. The third-order valence-corrected chi connectivity index (χ3v) is 2.17. The molecular weight excluding hydrogens is 184 g/mol. The van der Waals surface area contributed by atoms with Gasteiger partial charge in [-0.3, -0.25) is 9.59 Å². The van der Waals surface area contributed by atoms with Gasteiger partial charge in [-0.05, 0) is 12.8 Å². The fourth-order valence-electron chi connectivity index (χ4n) is 1.12. The summed E-state index contributed by atoms with van der Waals surface area (Å²) in [7, 11) is 1.37. The Kier molecular flexibility index (Phi) is 6.80. The molecule has 0 saturated heterocycles. The van der Waals surface area contributed by atoms with E-state index in [9.17, 15) is 9.59 Å². The molecule has 0 aromatic heterocycles. The Hall–Kier alpha value is -1.06. The van der Waals surface area contributed by atoms with Crippen molar-refractivity contribution in [3.05, 3.63) is 0 Å². The van der Waals surface area contributed by atoms with E-state index < -0.39 is 5.97 Å². The summed E-state index contributed by atoms with van der Waals surface area (Å²) < 4.78 is 4.48. The minimum absolute atomic E-state index is 0.198. The molecule has 0 heterocycles. The summed E-state index contributed by atoms with van der Waals surface area (Å²) in [6.45, 7) is 1.70. The molecule has 1 N–H and O–H groups in total. The van der Waals surface area contributed by atoms with Crippen molar-refractivity contribution in [2.24, 2.45) is 5.92 Å². The second kappa shape index (κ2) is 7.35. The number of esters is 1. The zero-order chi connectivity index (χ0) is 11.0. The summed E-state index contributed by atoms with van der Waals surface area (Å²) in [5.41, 5.74) is 0. The highest BCUT2D eigenvalue weighted by molar-refractivity contribution is 5.69. The first-order valence-electron chi connectivity index (χ1n) is 4.87. The van der Waals surface area contributed by atoms with Crippen molar-refractivity contribution in [3.8, 4) is 0 Å². The van der Waals surface area contributed by atoms with Gasteiger partial charge in [-0.25, -0.2) is 0 Å². The van der Waals surface area contributed by atoms with E-state index in [4.69, 9.17) is 5.11 Å². The molecule has 14 heavy (non-hydrogen) atoms. The van der Waals surface area contributed by atoms with Crippen molar-refractivity contribution in [2.75, 3.05) is 7.11 Å². The van der Waals surface area contributed by atoms with E-state index in [1.54, 1.807) is 6.92 Å². The number of unbranched alkanes of at least 4 members (excludes halogenated alkanes) is 2. The lowest BCUT2D eigenvalue weighted by atomic mass is 10.0. The van der Waals surface area contributed by atoms with Gasteiger partial charge in [0.25, 0.3) is 0 Å². The fraction of sp³-hybridized carbons (Fsp3) is 0.800. The Labute approximate surface area is 84.3 Å². The highest BCUT2D eigenvalue weighted by atomic mass is 16.5. The SMILES string of the molecule is COC(=O)CCCCCC(C)C(=O)O. The van der Waals surface area contributed by atoms with E-state index in [2.05, 4.69) is 4.74 Å². The number of carbonyl (C=O) groups is 2. The summed E-state index contributed by atoms with van der Waals surface area (Å²) in [5.74, 6) is -1.23. The number of ether oxygens (including phenoxy) is 1. The molecule has 1 unspecified atom stereocenters. The molecule has 0 amide bonds. The molecule has 0 aliphatic heterocycles. The van der Waals surface area contributed by atoms with E-state index in [0.29, 0.717) is 12.8 Å². The topological polar surface area (TPSA) is 63.6 Å². The molecule has 0 fully saturated rings. The van der Waals surface area contributed by atoms with Gasteiger partial charge in [0.05, 0.1) is 13.0 Å². The van der Waals surface area contributed by atoms with Crippen LogP contribution in [0.25, 0.3) is 0 Å². The summed E-state index contributed by atoms with van der Waals surface area (Å²) in [4.78, 5) is 21.1. The van der Waals surface area contributed by atoms with Gasteiger partial charge in [0.2, 0.25) is 0 Å². The molecule has 4 nitrogen and oxygen atoms in total. The van der Waals surface area contributed by atoms with Crippen molar-refractivity contribution < 1.29 is 19.4 Å². The monoisotopic (exact) mass is 202 g/mol. The number of carbonyl (C=O) groups excluding carboxylic acids is 1. The van der Waals surface area contributed by atoms with Gasteiger partial charge < -0.3 is 9.84 Å². The number of rotatable bonds is 7. The molecule has 4 heteroatoms. The van der Waals surface area contributed by atoms with E-state index in [0.717, 1.165) is 19.3 Å². The predicted octanol–water partition coefficient (Wildman–Crippen LogP) is 1.83. The van der Waals surface area contributed by atoms with Crippen LogP contribution in [0, 0.1) is 5.92 Å². The van der Waals surface area contributed by atoms with Gasteiger partial charge in [-0.1, -0.05) is 19.8 Å². The summed E-state index contributed by atoms with van der Waals surface area (Å²) in [5, 5.41) is 8.59. The molecule has 0 rings (SSSR count). The number of carboxylic acids is 1. The Morgan fingerprint density at radius 3 is 2.43 bits per heavy atom. The molecule has 0 bridgehead atoms. The number of hydrogen-bond acceptors (Lipinski definition) is 3. The molecular formula is C10H18O4. The number of aliphatic carboxylic acids is 1. The van der Waals surface area contributed by atoms with Gasteiger partial charge in [0.15, 0.2) is 0 Å². The molecule has 0 aliphatic rings. The fourth-order valence-corrected chi connectivity index (χ4v) is 1.12. The zero-order valence-corrected chi connectivity index (χ0v) is 8.78. The quantitative estimate of drug-likeness (QED) is 0.505. The van der Waals surface area contributed by atoms with E-state index in [-0.39, 0.29) is 11.9 Å². The van der Waals surface area contributed by atoms with Crippen LogP contribution in [0.1, 0.15) is 39.0 Å². The highest BCUT2D eigenvalue weighted by Crippen LogP contribution is 2.10. The zero-order valence-electron chi connectivity index (χ0n) is 8.78. The lowest BCUT2D eigenvalue weighted by Gasteiger charge is -2.04. The first-order valence-corrected chi connectivity index (χ1v) is 4.87. The molecule has 0 aromatic carbocycles. The Morgan fingerprint density at radius 1 is 1.29 bits per heavy atom. The van der Waals surface area contributed by atoms with Gasteiger partial charge in [-0.15, -0.1) is 0 Å². The second-order valence-electron chi connectivity index (χ2n) is 3.41. The summed E-state index contributed by atoms with van der Waals surface area (Å²) >= 11 is 0. The molecule has 0 saturated carbocycles. The van der Waals surface area contributed by atoms with Crippen LogP contribution >= 0.6 is 0 Å². The van der Waals surface area contributed by atoms with Crippen molar-refractivity contribution in [3.63, 3.8) is 0 Å². The average Bonchev–Trinajstić information content (AvgIpc) is 2.16. The smallest absolute Gasteiger partial charge is 0.306 e. The van der Waals surface area contributed by atoms with Crippen molar-refractivity contribution in [2.45, 2.75) is 39.0 Å². The molecule has 1 atom stereocenters. The molecule has 82 valence electrons. The van der Waals surface area contributed by atoms with Crippen LogP contribution in [0.15, 0.2) is 0 Å². The van der Waals surface area contributed by atoms with Gasteiger partial charge >= 0.3 is 11.9 Å². The Balaban J connectivity index is 3.30. The first kappa shape index (κ1) is 12.9. The lowest BCUT2D eigenvalue weighted by molar-refractivity contribution is -0.142. The van der Waals surface area contributed by atoms with Crippen molar-refractivity contribution >= 4 is 11.9 Å². The lowest BCUT2D eigenvalue weighted by Crippen LogP contribution is -2.09. The van der Waals surface area contributed by atoms with Crippen LogP contribution in [-0.2, 0) is 14.3 Å². The number of methoxy groups -OCH3 is 1. The van der Waals surface area contributed by atoms with Crippen LogP contribution in [0.2, 0.25) is 0 Å². The standard InChI is InChI=1S/C10H18O4/c1-8(10(12)13)6-4-3-5-7-9(11)14-2/h8H,3-7H2,1-2H3,(H,12,13). The van der Waals surface area contributed by atoms with Crippen LogP contribution in [0.3, 0.4) is 0 Å². The number of carboxylic acid groups (broad SMARTS) is 1. The minimum atomic E-state index is -0.752. The van der Waals surface area contributed by atoms with Crippen LogP contribution in [0.5, 0.6) is 0 Å². The maximum atomic E-state index is 10.7. The van der Waals surface area contributed by atoms with Gasteiger partial charge in [0.1, 0.15) is 0 Å². The summed E-state index contributed by atoms with van der Waals surface area (Å²) in [6, 6.07) is 0. The van der Waals surface area contributed by atoms with E-state index in [1.165, 1.54) is 7.11 Å². The summed E-state index contributed by atoms with van der Waals surface area (Å²) in [6.07, 6.45) is 3.62. The normalized spacial score (nSPS) is 12.1. The van der Waals surface area contributed by atoms with Crippen LogP contribution < -0.4 is 0 Å². The Morgan fingerprint density at radius 2 is 1.93 bits per heavy atom. The van der Waals surface area contributed by atoms with Crippen molar-refractivity contribution in [1.82, 2.24) is 0 Å².